The van der Waals surface area contributed by atoms with E-state index in [4.69, 9.17) is 9.47 Å². The Bertz CT molecular complexity index is 488. The molecule has 1 saturated heterocycles. The van der Waals surface area contributed by atoms with Gasteiger partial charge in [-0.25, -0.2) is 0 Å². The lowest BCUT2D eigenvalue weighted by Crippen LogP contribution is -2.61. The highest BCUT2D eigenvalue weighted by Gasteiger charge is 2.68. The highest BCUT2D eigenvalue weighted by atomic mass is 16.5. The SMILES string of the molecule is CCC(CC)[C@H]1OCCC23C[C@@H](C[C@H]12)C(C)(C)[C@@H]3NC(=O)CCOC. The maximum absolute atomic E-state index is 12.5. The van der Waals surface area contributed by atoms with Crippen molar-refractivity contribution in [2.45, 2.75) is 78.4 Å². The second-order valence-electron chi connectivity index (χ2n) is 9.20. The highest BCUT2D eigenvalue weighted by Crippen LogP contribution is 2.69. The third-order valence-electron chi connectivity index (χ3n) is 7.90. The third kappa shape index (κ3) is 3.03. The normalized spacial score (nSPS) is 38.8. The minimum Gasteiger partial charge on any atom is -0.384 e. The first-order valence-corrected chi connectivity index (χ1v) is 10.3. The molecular formula is C21H37NO3. The summed E-state index contributed by atoms with van der Waals surface area (Å²) in [5.41, 5.74) is 0.414. The molecule has 0 aromatic heterocycles. The predicted molar refractivity (Wildman–Crippen MR) is 99.3 cm³/mol. The van der Waals surface area contributed by atoms with Crippen LogP contribution in [0.3, 0.4) is 0 Å². The Morgan fingerprint density at radius 1 is 1.32 bits per heavy atom. The van der Waals surface area contributed by atoms with Crippen molar-refractivity contribution in [1.82, 2.24) is 5.32 Å². The first-order chi connectivity index (χ1) is 11.9. The molecule has 2 bridgehead atoms. The molecule has 25 heavy (non-hydrogen) atoms. The summed E-state index contributed by atoms with van der Waals surface area (Å²) in [6.45, 7) is 10.7. The van der Waals surface area contributed by atoms with Crippen molar-refractivity contribution in [1.29, 1.82) is 0 Å². The molecule has 2 saturated carbocycles. The summed E-state index contributed by atoms with van der Waals surface area (Å²) < 4.78 is 11.4. The van der Waals surface area contributed by atoms with E-state index in [1.54, 1.807) is 7.11 Å². The number of ether oxygens (including phenoxy) is 2. The van der Waals surface area contributed by atoms with Crippen molar-refractivity contribution in [2.75, 3.05) is 20.3 Å². The van der Waals surface area contributed by atoms with E-state index < -0.39 is 0 Å². The molecule has 2 aliphatic carbocycles. The average molecular weight is 352 g/mol. The molecule has 1 N–H and O–H groups in total. The molecule has 3 aliphatic rings. The molecule has 0 radical (unpaired) electrons. The molecule has 4 nitrogen and oxygen atoms in total. The summed E-state index contributed by atoms with van der Waals surface area (Å²) in [4.78, 5) is 12.5. The van der Waals surface area contributed by atoms with Gasteiger partial charge in [0.25, 0.3) is 0 Å². The molecule has 0 aromatic carbocycles. The summed E-state index contributed by atoms with van der Waals surface area (Å²) in [5, 5.41) is 3.45. The Morgan fingerprint density at radius 2 is 2.04 bits per heavy atom. The van der Waals surface area contributed by atoms with E-state index in [1.165, 1.54) is 25.7 Å². The number of fused-ring (bicyclic) bond motifs is 1. The van der Waals surface area contributed by atoms with E-state index >= 15 is 0 Å². The van der Waals surface area contributed by atoms with Gasteiger partial charge in [-0.1, -0.05) is 40.5 Å². The number of hydrogen-bond donors (Lipinski definition) is 1. The summed E-state index contributed by atoms with van der Waals surface area (Å²) in [6, 6.07) is 0.272. The van der Waals surface area contributed by atoms with Crippen molar-refractivity contribution < 1.29 is 14.3 Å². The van der Waals surface area contributed by atoms with E-state index in [0.717, 1.165) is 13.0 Å². The summed E-state index contributed by atoms with van der Waals surface area (Å²) in [6.07, 6.45) is 6.85. The summed E-state index contributed by atoms with van der Waals surface area (Å²) in [5.74, 6) is 2.10. The molecular weight excluding hydrogens is 314 g/mol. The highest BCUT2D eigenvalue weighted by molar-refractivity contribution is 5.76. The van der Waals surface area contributed by atoms with Crippen LogP contribution in [0, 0.1) is 28.6 Å². The standard InChI is InChI=1S/C21H37NO3/c1-6-14(7-2)18-16-12-15-13-21(16,9-11-25-18)19(20(15,3)4)22-17(23)8-10-24-5/h14-16,18-19H,6-13H2,1-5H3,(H,22,23)/t15-,16-,18-,19+,21?/m1/s1. The predicted octanol–water partition coefficient (Wildman–Crippen LogP) is 3.79. The van der Waals surface area contributed by atoms with Gasteiger partial charge in [0.05, 0.1) is 12.7 Å². The number of carbonyl (C=O) groups excluding carboxylic acids is 1. The van der Waals surface area contributed by atoms with Crippen LogP contribution >= 0.6 is 0 Å². The molecule has 1 heterocycles. The average Bonchev–Trinajstić information content (AvgIpc) is 3.07. The number of carbonyl (C=O) groups is 1. The Kier molecular flexibility index (Phi) is 5.51. The minimum atomic E-state index is 0.145. The van der Waals surface area contributed by atoms with Crippen molar-refractivity contribution in [3.8, 4) is 0 Å². The summed E-state index contributed by atoms with van der Waals surface area (Å²) >= 11 is 0. The number of methoxy groups -OCH3 is 1. The van der Waals surface area contributed by atoms with E-state index in [9.17, 15) is 4.79 Å². The number of amides is 1. The van der Waals surface area contributed by atoms with Crippen molar-refractivity contribution in [2.24, 2.45) is 28.6 Å². The summed E-state index contributed by atoms with van der Waals surface area (Å²) in [7, 11) is 1.65. The molecule has 1 unspecified atom stereocenters. The lowest BCUT2D eigenvalue weighted by molar-refractivity contribution is -0.148. The molecule has 3 rings (SSSR count). The molecule has 5 atom stereocenters. The van der Waals surface area contributed by atoms with Crippen LogP contribution in [0.2, 0.25) is 0 Å². The van der Waals surface area contributed by atoms with Crippen LogP contribution in [0.1, 0.15) is 66.2 Å². The van der Waals surface area contributed by atoms with Gasteiger partial charge in [0.1, 0.15) is 0 Å². The third-order valence-corrected chi connectivity index (χ3v) is 7.90. The number of nitrogens with one attached hydrogen (secondary N) is 1. The fourth-order valence-corrected chi connectivity index (χ4v) is 6.48. The Hall–Kier alpha value is -0.610. The largest absolute Gasteiger partial charge is 0.384 e. The van der Waals surface area contributed by atoms with Crippen molar-refractivity contribution in [3.05, 3.63) is 0 Å². The Balaban J connectivity index is 1.84. The van der Waals surface area contributed by atoms with Gasteiger partial charge in [-0.2, -0.15) is 0 Å². The smallest absolute Gasteiger partial charge is 0.222 e. The van der Waals surface area contributed by atoms with Gasteiger partial charge in [0.15, 0.2) is 0 Å². The molecule has 3 fully saturated rings. The van der Waals surface area contributed by atoms with Crippen LogP contribution in [0.5, 0.6) is 0 Å². The second kappa shape index (κ2) is 7.19. The maximum atomic E-state index is 12.5. The molecule has 144 valence electrons. The van der Waals surface area contributed by atoms with E-state index in [-0.39, 0.29) is 22.8 Å². The minimum absolute atomic E-state index is 0.145. The zero-order valence-corrected chi connectivity index (χ0v) is 16.8. The van der Waals surface area contributed by atoms with E-state index in [2.05, 4.69) is 33.0 Å². The first kappa shape index (κ1) is 19.2. The fraction of sp³-hybridized carbons (Fsp3) is 0.952. The van der Waals surface area contributed by atoms with Crippen LogP contribution in [-0.2, 0) is 14.3 Å². The Morgan fingerprint density at radius 3 is 2.68 bits per heavy atom. The number of hydrogen-bond acceptors (Lipinski definition) is 3. The number of rotatable bonds is 7. The molecule has 1 amide bonds. The van der Waals surface area contributed by atoms with Crippen LogP contribution in [0.4, 0.5) is 0 Å². The zero-order valence-electron chi connectivity index (χ0n) is 16.8. The molecule has 0 aromatic rings. The van der Waals surface area contributed by atoms with E-state index in [0.29, 0.717) is 36.9 Å². The topological polar surface area (TPSA) is 47.6 Å². The first-order valence-electron chi connectivity index (χ1n) is 10.3. The molecule has 4 heteroatoms. The van der Waals surface area contributed by atoms with Gasteiger partial charge >= 0.3 is 0 Å². The van der Waals surface area contributed by atoms with Gasteiger partial charge in [0.2, 0.25) is 5.91 Å². The van der Waals surface area contributed by atoms with Gasteiger partial charge in [-0.3, -0.25) is 4.79 Å². The van der Waals surface area contributed by atoms with Gasteiger partial charge in [-0.15, -0.1) is 0 Å². The lowest BCUT2D eigenvalue weighted by Gasteiger charge is -2.54. The van der Waals surface area contributed by atoms with Crippen LogP contribution in [0.25, 0.3) is 0 Å². The van der Waals surface area contributed by atoms with Crippen LogP contribution < -0.4 is 5.32 Å². The lowest BCUT2D eigenvalue weighted by atomic mass is 9.58. The van der Waals surface area contributed by atoms with Crippen LogP contribution in [0.15, 0.2) is 0 Å². The second-order valence-corrected chi connectivity index (χ2v) is 9.20. The van der Waals surface area contributed by atoms with Gasteiger partial charge in [0, 0.05) is 26.2 Å². The monoisotopic (exact) mass is 351 g/mol. The Labute approximate surface area is 153 Å². The van der Waals surface area contributed by atoms with E-state index in [1.807, 2.05) is 0 Å². The quantitative estimate of drug-likeness (QED) is 0.759. The fourth-order valence-electron chi connectivity index (χ4n) is 6.48. The zero-order chi connectivity index (χ0) is 18.2. The van der Waals surface area contributed by atoms with Crippen molar-refractivity contribution >= 4 is 5.91 Å². The molecule has 1 aliphatic heterocycles. The molecule has 1 spiro atoms. The van der Waals surface area contributed by atoms with Gasteiger partial charge < -0.3 is 14.8 Å². The van der Waals surface area contributed by atoms with Crippen LogP contribution in [-0.4, -0.2) is 38.4 Å². The van der Waals surface area contributed by atoms with Gasteiger partial charge in [-0.05, 0) is 47.8 Å². The maximum Gasteiger partial charge on any atom is 0.222 e. The van der Waals surface area contributed by atoms with Crippen molar-refractivity contribution in [3.63, 3.8) is 0 Å².